The van der Waals surface area contributed by atoms with Crippen molar-refractivity contribution in [2.45, 2.75) is 17.9 Å². The average Bonchev–Trinajstić information content (AvgIpc) is 2.86. The molecule has 3 N–H and O–H groups in total. The lowest BCUT2D eigenvalue weighted by molar-refractivity contribution is 0.187. The SMILES string of the molecule is CSc1cccc(-n2c(C(C)O)nc3cc(N)ccc32)c1. The van der Waals surface area contributed by atoms with Gasteiger partial charge in [0, 0.05) is 16.3 Å². The molecule has 1 unspecified atom stereocenters. The molecule has 5 heteroatoms. The molecule has 1 atom stereocenters. The highest BCUT2D eigenvalue weighted by Crippen LogP contribution is 2.28. The normalized spacial score (nSPS) is 12.7. The number of fused-ring (bicyclic) bond motifs is 1. The van der Waals surface area contributed by atoms with Crippen LogP contribution in [0.5, 0.6) is 0 Å². The number of imidazole rings is 1. The molecule has 0 spiro atoms. The Kier molecular flexibility index (Phi) is 3.61. The Labute approximate surface area is 127 Å². The summed E-state index contributed by atoms with van der Waals surface area (Å²) in [5.74, 6) is 0.619. The number of hydrogen-bond acceptors (Lipinski definition) is 4. The number of anilines is 1. The Morgan fingerprint density at radius 2 is 2.05 bits per heavy atom. The van der Waals surface area contributed by atoms with Gasteiger partial charge in [0.2, 0.25) is 0 Å². The second-order valence-corrected chi connectivity index (χ2v) is 5.81. The molecule has 3 rings (SSSR count). The fraction of sp³-hybridized carbons (Fsp3) is 0.188. The summed E-state index contributed by atoms with van der Waals surface area (Å²) in [5, 5.41) is 10.0. The Morgan fingerprint density at radius 3 is 2.76 bits per heavy atom. The summed E-state index contributed by atoms with van der Waals surface area (Å²) in [7, 11) is 0. The van der Waals surface area contributed by atoms with E-state index in [0.717, 1.165) is 16.7 Å². The minimum absolute atomic E-state index is 0.619. The van der Waals surface area contributed by atoms with Gasteiger partial charge in [0.05, 0.1) is 11.0 Å². The molecule has 0 aliphatic rings. The smallest absolute Gasteiger partial charge is 0.143 e. The zero-order chi connectivity index (χ0) is 15.0. The van der Waals surface area contributed by atoms with Crippen LogP contribution in [0.15, 0.2) is 47.4 Å². The molecule has 0 bridgehead atoms. The number of aromatic nitrogens is 2. The van der Waals surface area contributed by atoms with Crippen molar-refractivity contribution in [3.8, 4) is 5.69 Å². The molecule has 21 heavy (non-hydrogen) atoms. The number of nitrogens with two attached hydrogens (primary N) is 1. The molecule has 0 aliphatic carbocycles. The van der Waals surface area contributed by atoms with Crippen molar-refractivity contribution in [3.63, 3.8) is 0 Å². The number of benzene rings is 2. The van der Waals surface area contributed by atoms with Crippen LogP contribution < -0.4 is 5.73 Å². The lowest BCUT2D eigenvalue weighted by Gasteiger charge is -2.12. The highest BCUT2D eigenvalue weighted by molar-refractivity contribution is 7.98. The van der Waals surface area contributed by atoms with Crippen molar-refractivity contribution >= 4 is 28.5 Å². The second-order valence-electron chi connectivity index (χ2n) is 4.93. The Hall–Kier alpha value is -1.98. The first-order valence-electron chi connectivity index (χ1n) is 6.70. The third-order valence-corrected chi connectivity index (χ3v) is 4.12. The summed E-state index contributed by atoms with van der Waals surface area (Å²) in [6.45, 7) is 1.72. The predicted octanol–water partition coefficient (Wildman–Crippen LogP) is 3.38. The maximum Gasteiger partial charge on any atom is 0.143 e. The fourth-order valence-electron chi connectivity index (χ4n) is 2.42. The van der Waals surface area contributed by atoms with Crippen LogP contribution in [0.2, 0.25) is 0 Å². The van der Waals surface area contributed by atoms with E-state index in [1.54, 1.807) is 18.7 Å². The van der Waals surface area contributed by atoms with Gasteiger partial charge in [-0.1, -0.05) is 6.07 Å². The molecular weight excluding hydrogens is 282 g/mol. The van der Waals surface area contributed by atoms with Crippen molar-refractivity contribution in [2.75, 3.05) is 12.0 Å². The Bertz CT molecular complexity index is 795. The van der Waals surface area contributed by atoms with Crippen LogP contribution in [0, 0.1) is 0 Å². The lowest BCUT2D eigenvalue weighted by Crippen LogP contribution is -2.04. The van der Waals surface area contributed by atoms with E-state index in [2.05, 4.69) is 17.1 Å². The monoisotopic (exact) mass is 299 g/mol. The lowest BCUT2D eigenvalue weighted by atomic mass is 10.2. The van der Waals surface area contributed by atoms with Crippen LogP contribution in [-0.2, 0) is 0 Å². The van der Waals surface area contributed by atoms with Gasteiger partial charge in [0.15, 0.2) is 0 Å². The topological polar surface area (TPSA) is 64.1 Å². The molecule has 2 aromatic carbocycles. The van der Waals surface area contributed by atoms with Crippen molar-refractivity contribution in [1.29, 1.82) is 0 Å². The molecule has 1 aromatic heterocycles. The van der Waals surface area contributed by atoms with E-state index in [4.69, 9.17) is 5.73 Å². The molecule has 3 aromatic rings. The van der Waals surface area contributed by atoms with E-state index in [1.165, 1.54) is 4.90 Å². The molecule has 0 saturated heterocycles. The largest absolute Gasteiger partial charge is 0.399 e. The zero-order valence-electron chi connectivity index (χ0n) is 11.9. The van der Waals surface area contributed by atoms with Gasteiger partial charge in [-0.3, -0.25) is 4.57 Å². The van der Waals surface area contributed by atoms with Crippen molar-refractivity contribution in [1.82, 2.24) is 9.55 Å². The molecule has 0 amide bonds. The number of nitrogens with zero attached hydrogens (tertiary/aromatic N) is 2. The number of rotatable bonds is 3. The maximum atomic E-state index is 10.0. The van der Waals surface area contributed by atoms with Gasteiger partial charge >= 0.3 is 0 Å². The summed E-state index contributed by atoms with van der Waals surface area (Å²) in [6.07, 6.45) is 1.39. The van der Waals surface area contributed by atoms with E-state index >= 15 is 0 Å². The number of aliphatic hydroxyl groups excluding tert-OH is 1. The van der Waals surface area contributed by atoms with Gasteiger partial charge in [-0.25, -0.2) is 4.98 Å². The molecule has 0 radical (unpaired) electrons. The molecule has 4 nitrogen and oxygen atoms in total. The first-order chi connectivity index (χ1) is 10.1. The minimum atomic E-state index is -0.656. The number of thioether (sulfide) groups is 1. The summed E-state index contributed by atoms with van der Waals surface area (Å²) < 4.78 is 1.99. The zero-order valence-corrected chi connectivity index (χ0v) is 12.8. The summed E-state index contributed by atoms with van der Waals surface area (Å²) >= 11 is 1.69. The fourth-order valence-corrected chi connectivity index (χ4v) is 2.87. The van der Waals surface area contributed by atoms with Gasteiger partial charge in [0.1, 0.15) is 11.9 Å². The molecule has 0 saturated carbocycles. The van der Waals surface area contributed by atoms with Gasteiger partial charge < -0.3 is 10.8 Å². The molecule has 0 aliphatic heterocycles. The van der Waals surface area contributed by atoms with Crippen molar-refractivity contribution < 1.29 is 5.11 Å². The quantitative estimate of drug-likeness (QED) is 0.575. The summed E-state index contributed by atoms with van der Waals surface area (Å²) in [6, 6.07) is 13.8. The van der Waals surface area contributed by atoms with Crippen LogP contribution in [0.1, 0.15) is 18.9 Å². The summed E-state index contributed by atoms with van der Waals surface area (Å²) in [4.78, 5) is 5.70. The van der Waals surface area contributed by atoms with Crippen LogP contribution in [-0.4, -0.2) is 20.9 Å². The Balaban J connectivity index is 2.30. The number of nitrogen functional groups attached to an aromatic ring is 1. The molecular formula is C16H17N3OS. The van der Waals surface area contributed by atoms with Crippen molar-refractivity contribution in [2.24, 2.45) is 0 Å². The van der Waals surface area contributed by atoms with Gasteiger partial charge in [-0.05, 0) is 49.6 Å². The van der Waals surface area contributed by atoms with E-state index in [9.17, 15) is 5.11 Å². The van der Waals surface area contributed by atoms with Crippen molar-refractivity contribution in [3.05, 3.63) is 48.3 Å². The first kappa shape index (κ1) is 14.0. The van der Waals surface area contributed by atoms with Gasteiger partial charge in [0.25, 0.3) is 0 Å². The standard InChI is InChI=1S/C16H17N3OS/c1-10(20)16-18-14-8-11(17)6-7-15(14)19(16)12-4-3-5-13(9-12)21-2/h3-10,20H,17H2,1-2H3. The highest BCUT2D eigenvalue weighted by atomic mass is 32.2. The van der Waals surface area contributed by atoms with Gasteiger partial charge in [-0.15, -0.1) is 11.8 Å². The van der Waals surface area contributed by atoms with E-state index in [1.807, 2.05) is 41.2 Å². The molecule has 108 valence electrons. The van der Waals surface area contributed by atoms with Crippen LogP contribution in [0.3, 0.4) is 0 Å². The number of hydrogen-bond donors (Lipinski definition) is 2. The van der Waals surface area contributed by atoms with Gasteiger partial charge in [-0.2, -0.15) is 0 Å². The number of aliphatic hydroxyl groups is 1. The van der Waals surface area contributed by atoms with Crippen LogP contribution >= 0.6 is 11.8 Å². The molecule has 1 heterocycles. The summed E-state index contributed by atoms with van der Waals surface area (Å²) in [5.41, 5.74) is 9.22. The van der Waals surface area contributed by atoms with E-state index in [-0.39, 0.29) is 0 Å². The third-order valence-electron chi connectivity index (χ3n) is 3.39. The highest BCUT2D eigenvalue weighted by Gasteiger charge is 2.16. The minimum Gasteiger partial charge on any atom is -0.399 e. The van der Waals surface area contributed by atoms with Crippen LogP contribution in [0.25, 0.3) is 16.7 Å². The third kappa shape index (κ3) is 2.50. The predicted molar refractivity (Wildman–Crippen MR) is 87.9 cm³/mol. The van der Waals surface area contributed by atoms with Crippen LogP contribution in [0.4, 0.5) is 5.69 Å². The van der Waals surface area contributed by atoms with E-state index in [0.29, 0.717) is 11.5 Å². The average molecular weight is 299 g/mol. The second kappa shape index (κ2) is 5.42. The van der Waals surface area contributed by atoms with E-state index < -0.39 is 6.10 Å². The first-order valence-corrected chi connectivity index (χ1v) is 7.93. The molecule has 0 fully saturated rings. The Morgan fingerprint density at radius 1 is 1.24 bits per heavy atom. The maximum absolute atomic E-state index is 10.0.